The first kappa shape index (κ1) is 17.4. The SMILES string of the molecule is CCCNC(=O)c1cncc(-c2ccc(N3CCN(C)CC3)cc2)c1. The summed E-state index contributed by atoms with van der Waals surface area (Å²) < 4.78 is 0. The smallest absolute Gasteiger partial charge is 0.252 e. The highest BCUT2D eigenvalue weighted by Gasteiger charge is 2.14. The lowest BCUT2D eigenvalue weighted by Gasteiger charge is -2.34. The van der Waals surface area contributed by atoms with E-state index in [-0.39, 0.29) is 5.91 Å². The molecule has 0 saturated carbocycles. The third-order valence-electron chi connectivity index (χ3n) is 4.61. The van der Waals surface area contributed by atoms with E-state index in [4.69, 9.17) is 0 Å². The number of aromatic nitrogens is 1. The van der Waals surface area contributed by atoms with Gasteiger partial charge in [0.2, 0.25) is 0 Å². The molecular formula is C20H26N4O. The summed E-state index contributed by atoms with van der Waals surface area (Å²) in [6.07, 6.45) is 4.35. The van der Waals surface area contributed by atoms with Gasteiger partial charge in [-0.25, -0.2) is 0 Å². The zero-order valence-electron chi connectivity index (χ0n) is 15.0. The average Bonchev–Trinajstić information content (AvgIpc) is 2.67. The molecule has 0 bridgehead atoms. The Kier molecular flexibility index (Phi) is 5.66. The Morgan fingerprint density at radius 2 is 1.80 bits per heavy atom. The zero-order chi connectivity index (χ0) is 17.6. The fourth-order valence-corrected chi connectivity index (χ4v) is 2.99. The standard InChI is InChI=1S/C20H26N4O/c1-3-8-22-20(25)18-13-17(14-21-15-18)16-4-6-19(7-5-16)24-11-9-23(2)10-12-24/h4-7,13-15H,3,8-12H2,1-2H3,(H,22,25). The molecule has 5 nitrogen and oxygen atoms in total. The summed E-state index contributed by atoms with van der Waals surface area (Å²) >= 11 is 0. The van der Waals surface area contributed by atoms with Crippen LogP contribution in [0.3, 0.4) is 0 Å². The minimum Gasteiger partial charge on any atom is -0.369 e. The van der Waals surface area contributed by atoms with Crippen LogP contribution in [0.25, 0.3) is 11.1 Å². The molecule has 3 rings (SSSR count). The summed E-state index contributed by atoms with van der Waals surface area (Å²) in [6, 6.07) is 10.4. The Hall–Kier alpha value is -2.40. The summed E-state index contributed by atoms with van der Waals surface area (Å²) in [5, 5.41) is 2.89. The van der Waals surface area contributed by atoms with Gasteiger partial charge in [0.25, 0.3) is 5.91 Å². The molecule has 1 aliphatic heterocycles. The van der Waals surface area contributed by atoms with Crippen molar-refractivity contribution in [1.29, 1.82) is 0 Å². The molecule has 5 heteroatoms. The Morgan fingerprint density at radius 3 is 2.48 bits per heavy atom. The van der Waals surface area contributed by atoms with Crippen LogP contribution < -0.4 is 10.2 Å². The number of amides is 1. The molecule has 25 heavy (non-hydrogen) atoms. The molecule has 0 unspecified atom stereocenters. The van der Waals surface area contributed by atoms with Crippen LogP contribution in [-0.2, 0) is 0 Å². The Balaban J connectivity index is 1.73. The van der Waals surface area contributed by atoms with E-state index in [1.165, 1.54) is 5.69 Å². The second-order valence-electron chi connectivity index (χ2n) is 6.56. The minimum atomic E-state index is -0.0646. The first-order chi connectivity index (χ1) is 12.2. The highest BCUT2D eigenvalue weighted by atomic mass is 16.1. The van der Waals surface area contributed by atoms with Crippen LogP contribution in [0, 0.1) is 0 Å². The maximum Gasteiger partial charge on any atom is 0.252 e. The van der Waals surface area contributed by atoms with Crippen LogP contribution in [0.2, 0.25) is 0 Å². The lowest BCUT2D eigenvalue weighted by atomic mass is 10.0. The predicted molar refractivity (Wildman–Crippen MR) is 102 cm³/mol. The molecule has 0 aliphatic carbocycles. The van der Waals surface area contributed by atoms with Crippen LogP contribution in [0.5, 0.6) is 0 Å². The number of carbonyl (C=O) groups is 1. The number of carbonyl (C=O) groups excluding carboxylic acids is 1. The molecule has 2 aromatic rings. The number of anilines is 1. The van der Waals surface area contributed by atoms with Crippen molar-refractivity contribution in [2.45, 2.75) is 13.3 Å². The van der Waals surface area contributed by atoms with E-state index in [0.717, 1.165) is 43.7 Å². The summed E-state index contributed by atoms with van der Waals surface area (Å²) in [5.74, 6) is -0.0646. The van der Waals surface area contributed by atoms with E-state index in [2.05, 4.69) is 51.4 Å². The van der Waals surface area contributed by atoms with E-state index in [9.17, 15) is 4.79 Å². The molecule has 0 spiro atoms. The van der Waals surface area contributed by atoms with Gasteiger partial charge in [0.15, 0.2) is 0 Å². The number of hydrogen-bond acceptors (Lipinski definition) is 4. The first-order valence-corrected chi connectivity index (χ1v) is 8.94. The number of rotatable bonds is 5. The minimum absolute atomic E-state index is 0.0646. The molecule has 1 aromatic carbocycles. The third kappa shape index (κ3) is 4.37. The number of benzene rings is 1. The predicted octanol–water partition coefficient (Wildman–Crippen LogP) is 2.64. The summed E-state index contributed by atoms with van der Waals surface area (Å²) in [4.78, 5) is 21.1. The fraction of sp³-hybridized carbons (Fsp3) is 0.400. The number of piperazine rings is 1. The van der Waals surface area contributed by atoms with Crippen molar-refractivity contribution < 1.29 is 4.79 Å². The quantitative estimate of drug-likeness (QED) is 0.910. The summed E-state index contributed by atoms with van der Waals surface area (Å²) in [6.45, 7) is 7.04. The average molecular weight is 338 g/mol. The van der Waals surface area contributed by atoms with Crippen molar-refractivity contribution in [2.75, 3.05) is 44.7 Å². The Bertz CT molecular complexity index is 706. The van der Waals surface area contributed by atoms with E-state index < -0.39 is 0 Å². The van der Waals surface area contributed by atoms with Crippen molar-refractivity contribution in [2.24, 2.45) is 0 Å². The summed E-state index contributed by atoms with van der Waals surface area (Å²) in [7, 11) is 2.16. The monoisotopic (exact) mass is 338 g/mol. The van der Waals surface area contributed by atoms with Gasteiger partial charge < -0.3 is 15.1 Å². The second kappa shape index (κ2) is 8.12. The van der Waals surface area contributed by atoms with Crippen molar-refractivity contribution in [3.63, 3.8) is 0 Å². The molecule has 0 atom stereocenters. The van der Waals surface area contributed by atoms with E-state index >= 15 is 0 Å². The highest BCUT2D eigenvalue weighted by Crippen LogP contribution is 2.24. The number of hydrogen-bond donors (Lipinski definition) is 1. The van der Waals surface area contributed by atoms with Crippen molar-refractivity contribution in [3.8, 4) is 11.1 Å². The lowest BCUT2D eigenvalue weighted by molar-refractivity contribution is 0.0953. The number of nitrogens with zero attached hydrogens (tertiary/aromatic N) is 3. The van der Waals surface area contributed by atoms with Gasteiger partial charge in [-0.1, -0.05) is 19.1 Å². The van der Waals surface area contributed by atoms with Crippen LogP contribution >= 0.6 is 0 Å². The van der Waals surface area contributed by atoms with Gasteiger partial charge in [-0.05, 0) is 37.2 Å². The topological polar surface area (TPSA) is 48.5 Å². The van der Waals surface area contributed by atoms with Gasteiger partial charge in [0.05, 0.1) is 5.56 Å². The normalized spacial score (nSPS) is 15.2. The van der Waals surface area contributed by atoms with Gasteiger partial charge in [-0.15, -0.1) is 0 Å². The molecule has 1 fully saturated rings. The van der Waals surface area contributed by atoms with Gasteiger partial charge in [0.1, 0.15) is 0 Å². The fourth-order valence-electron chi connectivity index (χ4n) is 2.99. The highest BCUT2D eigenvalue weighted by molar-refractivity contribution is 5.95. The molecule has 2 heterocycles. The molecular weight excluding hydrogens is 312 g/mol. The molecule has 1 amide bonds. The van der Waals surface area contributed by atoms with Gasteiger partial charge >= 0.3 is 0 Å². The van der Waals surface area contributed by atoms with Gasteiger partial charge in [0, 0.05) is 56.4 Å². The zero-order valence-corrected chi connectivity index (χ0v) is 15.0. The van der Waals surface area contributed by atoms with Gasteiger partial charge in [-0.2, -0.15) is 0 Å². The van der Waals surface area contributed by atoms with E-state index in [0.29, 0.717) is 12.1 Å². The Labute approximate surface area is 149 Å². The maximum absolute atomic E-state index is 12.1. The van der Waals surface area contributed by atoms with Crippen molar-refractivity contribution >= 4 is 11.6 Å². The van der Waals surface area contributed by atoms with Crippen LogP contribution in [0.1, 0.15) is 23.7 Å². The van der Waals surface area contributed by atoms with Gasteiger partial charge in [-0.3, -0.25) is 9.78 Å². The van der Waals surface area contributed by atoms with Crippen molar-refractivity contribution in [1.82, 2.24) is 15.2 Å². The Morgan fingerprint density at radius 1 is 1.08 bits per heavy atom. The number of likely N-dealkylation sites (N-methyl/N-ethyl adjacent to an activating group) is 1. The molecule has 1 N–H and O–H groups in total. The van der Waals surface area contributed by atoms with Crippen LogP contribution in [0.15, 0.2) is 42.7 Å². The third-order valence-corrected chi connectivity index (χ3v) is 4.61. The number of nitrogens with one attached hydrogen (secondary N) is 1. The molecule has 1 aliphatic rings. The van der Waals surface area contributed by atoms with Crippen molar-refractivity contribution in [3.05, 3.63) is 48.3 Å². The van der Waals surface area contributed by atoms with Crippen LogP contribution in [-0.4, -0.2) is 55.6 Å². The largest absolute Gasteiger partial charge is 0.369 e. The van der Waals surface area contributed by atoms with E-state index in [1.54, 1.807) is 6.20 Å². The second-order valence-corrected chi connectivity index (χ2v) is 6.56. The molecule has 132 valence electrons. The molecule has 0 radical (unpaired) electrons. The number of pyridine rings is 1. The maximum atomic E-state index is 12.1. The summed E-state index contributed by atoms with van der Waals surface area (Å²) in [5.41, 5.74) is 3.90. The van der Waals surface area contributed by atoms with Crippen LogP contribution in [0.4, 0.5) is 5.69 Å². The van der Waals surface area contributed by atoms with E-state index in [1.807, 2.05) is 19.2 Å². The first-order valence-electron chi connectivity index (χ1n) is 8.94. The lowest BCUT2D eigenvalue weighted by Crippen LogP contribution is -2.44. The molecule has 1 aromatic heterocycles. The molecule has 1 saturated heterocycles.